The summed E-state index contributed by atoms with van der Waals surface area (Å²) in [6.07, 6.45) is 1.68. The lowest BCUT2D eigenvalue weighted by atomic mass is 10.1. The number of thiophene rings is 1. The molecule has 0 aromatic carbocycles. The van der Waals surface area contributed by atoms with E-state index in [0.29, 0.717) is 0 Å². The fourth-order valence-corrected chi connectivity index (χ4v) is 3.41. The van der Waals surface area contributed by atoms with Crippen molar-refractivity contribution in [3.8, 4) is 0 Å². The molecule has 4 heteroatoms. The summed E-state index contributed by atoms with van der Waals surface area (Å²) in [5.74, 6) is 0.886. The lowest BCUT2D eigenvalue weighted by Crippen LogP contribution is -1.89. The van der Waals surface area contributed by atoms with Gasteiger partial charge in [-0.25, -0.2) is 0 Å². The van der Waals surface area contributed by atoms with Crippen molar-refractivity contribution in [1.82, 2.24) is 0 Å². The molecule has 2 rings (SSSR count). The van der Waals surface area contributed by atoms with Gasteiger partial charge in [0.15, 0.2) is 0 Å². The lowest BCUT2D eigenvalue weighted by molar-refractivity contribution is 0.530. The fourth-order valence-electron chi connectivity index (χ4n) is 1.42. The van der Waals surface area contributed by atoms with Crippen LogP contribution >= 0.6 is 38.9 Å². The first-order chi connectivity index (χ1) is 7.09. The van der Waals surface area contributed by atoms with Crippen LogP contribution in [0.25, 0.3) is 0 Å². The maximum Gasteiger partial charge on any atom is 0.105 e. The topological polar surface area (TPSA) is 13.1 Å². The molecule has 80 valence electrons. The molecule has 0 bridgehead atoms. The standard InChI is InChI=1S/C11H10BrClOS/c1-6-5-9(15-11(6)12)10(13)8-3-4-14-7(8)2/h3-5,10H,1-2H3. The molecular weight excluding hydrogens is 296 g/mol. The lowest BCUT2D eigenvalue weighted by Gasteiger charge is -2.04. The Hall–Kier alpha value is -0.250. The Morgan fingerprint density at radius 3 is 2.67 bits per heavy atom. The van der Waals surface area contributed by atoms with Gasteiger partial charge in [0.25, 0.3) is 0 Å². The Morgan fingerprint density at radius 2 is 2.20 bits per heavy atom. The van der Waals surface area contributed by atoms with Gasteiger partial charge in [0.05, 0.1) is 15.4 Å². The van der Waals surface area contributed by atoms with Crippen LogP contribution in [0.4, 0.5) is 0 Å². The van der Waals surface area contributed by atoms with Crippen molar-refractivity contribution in [3.05, 3.63) is 43.9 Å². The monoisotopic (exact) mass is 304 g/mol. The van der Waals surface area contributed by atoms with Crippen molar-refractivity contribution in [3.63, 3.8) is 0 Å². The van der Waals surface area contributed by atoms with Gasteiger partial charge >= 0.3 is 0 Å². The highest BCUT2D eigenvalue weighted by Gasteiger charge is 2.18. The van der Waals surface area contributed by atoms with Crippen molar-refractivity contribution in [1.29, 1.82) is 0 Å². The van der Waals surface area contributed by atoms with Crippen LogP contribution in [0.3, 0.4) is 0 Å². The van der Waals surface area contributed by atoms with Gasteiger partial charge in [-0.2, -0.15) is 0 Å². The third kappa shape index (κ3) is 2.14. The maximum atomic E-state index is 6.39. The summed E-state index contributed by atoms with van der Waals surface area (Å²) >= 11 is 11.6. The smallest absolute Gasteiger partial charge is 0.105 e. The molecule has 2 aromatic heterocycles. The zero-order chi connectivity index (χ0) is 11.0. The molecule has 2 aromatic rings. The molecule has 0 aliphatic carbocycles. The van der Waals surface area contributed by atoms with E-state index in [-0.39, 0.29) is 5.38 Å². The molecule has 1 atom stereocenters. The van der Waals surface area contributed by atoms with Crippen LogP contribution in [0.2, 0.25) is 0 Å². The van der Waals surface area contributed by atoms with E-state index >= 15 is 0 Å². The van der Waals surface area contributed by atoms with Gasteiger partial charge in [0, 0.05) is 10.4 Å². The van der Waals surface area contributed by atoms with Gasteiger partial charge in [0.1, 0.15) is 5.76 Å². The second-order valence-corrected chi connectivity index (χ2v) is 6.24. The minimum atomic E-state index is -0.112. The number of aryl methyl sites for hydroxylation is 2. The molecule has 0 aliphatic heterocycles. The highest BCUT2D eigenvalue weighted by molar-refractivity contribution is 9.11. The van der Waals surface area contributed by atoms with Gasteiger partial charge in [-0.15, -0.1) is 22.9 Å². The molecule has 2 heterocycles. The molecule has 1 nitrogen and oxygen atoms in total. The molecule has 0 spiro atoms. The summed E-state index contributed by atoms with van der Waals surface area (Å²) in [4.78, 5) is 1.14. The fraction of sp³-hybridized carbons (Fsp3) is 0.273. The first-order valence-electron chi connectivity index (χ1n) is 4.53. The zero-order valence-corrected chi connectivity index (χ0v) is 11.5. The van der Waals surface area contributed by atoms with Crippen molar-refractivity contribution in [2.24, 2.45) is 0 Å². The van der Waals surface area contributed by atoms with Crippen molar-refractivity contribution in [2.75, 3.05) is 0 Å². The Balaban J connectivity index is 2.36. The maximum absolute atomic E-state index is 6.39. The van der Waals surface area contributed by atoms with Crippen LogP contribution in [-0.4, -0.2) is 0 Å². The molecule has 1 unspecified atom stereocenters. The highest BCUT2D eigenvalue weighted by atomic mass is 79.9. The normalized spacial score (nSPS) is 13.1. The second kappa shape index (κ2) is 4.32. The number of hydrogen-bond acceptors (Lipinski definition) is 2. The van der Waals surface area contributed by atoms with Gasteiger partial charge in [-0.1, -0.05) is 0 Å². The van der Waals surface area contributed by atoms with E-state index in [9.17, 15) is 0 Å². The molecule has 0 aliphatic rings. The summed E-state index contributed by atoms with van der Waals surface area (Å²) in [5, 5.41) is -0.112. The highest BCUT2D eigenvalue weighted by Crippen LogP contribution is 2.39. The summed E-state index contributed by atoms with van der Waals surface area (Å²) in [5.41, 5.74) is 2.27. The van der Waals surface area contributed by atoms with Crippen LogP contribution in [-0.2, 0) is 0 Å². The summed E-state index contributed by atoms with van der Waals surface area (Å²) in [6, 6.07) is 4.04. The first-order valence-corrected chi connectivity index (χ1v) is 6.58. The predicted octanol–water partition coefficient (Wildman–Crippen LogP) is 5.05. The Labute approximate surface area is 106 Å². The zero-order valence-electron chi connectivity index (χ0n) is 8.38. The summed E-state index contributed by atoms with van der Waals surface area (Å²) < 4.78 is 6.40. The minimum Gasteiger partial charge on any atom is -0.469 e. The van der Waals surface area contributed by atoms with E-state index in [0.717, 1.165) is 20.0 Å². The Morgan fingerprint density at radius 1 is 1.47 bits per heavy atom. The quantitative estimate of drug-likeness (QED) is 0.708. The molecule has 0 N–H and O–H groups in total. The van der Waals surface area contributed by atoms with Crippen LogP contribution in [0.15, 0.2) is 26.6 Å². The molecule has 0 radical (unpaired) electrons. The van der Waals surface area contributed by atoms with E-state index < -0.39 is 0 Å². The van der Waals surface area contributed by atoms with Crippen molar-refractivity contribution in [2.45, 2.75) is 19.2 Å². The molecular formula is C11H10BrClOS. The minimum absolute atomic E-state index is 0.112. The molecule has 15 heavy (non-hydrogen) atoms. The van der Waals surface area contributed by atoms with Crippen LogP contribution in [0.1, 0.15) is 27.1 Å². The van der Waals surface area contributed by atoms with E-state index in [2.05, 4.69) is 28.9 Å². The van der Waals surface area contributed by atoms with Crippen molar-refractivity contribution < 1.29 is 4.42 Å². The summed E-state index contributed by atoms with van der Waals surface area (Å²) in [6.45, 7) is 4.00. The third-order valence-corrected chi connectivity index (χ3v) is 5.10. The Kier molecular flexibility index (Phi) is 3.24. The van der Waals surface area contributed by atoms with Crippen LogP contribution in [0.5, 0.6) is 0 Å². The first kappa shape index (κ1) is 11.2. The van der Waals surface area contributed by atoms with E-state index in [1.165, 1.54) is 5.56 Å². The number of alkyl halides is 1. The van der Waals surface area contributed by atoms with Crippen LogP contribution < -0.4 is 0 Å². The number of rotatable bonds is 2. The van der Waals surface area contributed by atoms with E-state index in [1.54, 1.807) is 17.6 Å². The number of halogens is 2. The SMILES string of the molecule is Cc1cc(C(Cl)c2ccoc2C)sc1Br. The van der Waals surface area contributed by atoms with Gasteiger partial charge < -0.3 is 4.42 Å². The average Bonchev–Trinajstić information content (AvgIpc) is 2.74. The van der Waals surface area contributed by atoms with Crippen LogP contribution in [0, 0.1) is 13.8 Å². The molecule has 0 amide bonds. The van der Waals surface area contributed by atoms with Gasteiger partial charge in [-0.05, 0) is 47.5 Å². The number of furan rings is 1. The van der Waals surface area contributed by atoms with E-state index in [4.69, 9.17) is 16.0 Å². The van der Waals surface area contributed by atoms with E-state index in [1.807, 2.05) is 13.0 Å². The van der Waals surface area contributed by atoms with Gasteiger partial charge in [0.2, 0.25) is 0 Å². The largest absolute Gasteiger partial charge is 0.469 e. The third-order valence-electron chi connectivity index (χ3n) is 2.30. The Bertz CT molecular complexity index is 455. The predicted molar refractivity (Wildman–Crippen MR) is 67.9 cm³/mol. The van der Waals surface area contributed by atoms with Crippen molar-refractivity contribution >= 4 is 38.9 Å². The average molecular weight is 306 g/mol. The molecule has 0 saturated carbocycles. The molecule has 0 fully saturated rings. The second-order valence-electron chi connectivity index (χ2n) is 3.40. The summed E-state index contributed by atoms with van der Waals surface area (Å²) in [7, 11) is 0. The number of hydrogen-bond donors (Lipinski definition) is 0. The van der Waals surface area contributed by atoms with Gasteiger partial charge in [-0.3, -0.25) is 0 Å². The molecule has 0 saturated heterocycles.